The van der Waals surface area contributed by atoms with E-state index in [0.29, 0.717) is 13.2 Å². The van der Waals surface area contributed by atoms with Gasteiger partial charge in [0.15, 0.2) is 0 Å². The summed E-state index contributed by atoms with van der Waals surface area (Å²) in [6, 6.07) is 16.6. The summed E-state index contributed by atoms with van der Waals surface area (Å²) in [7, 11) is -1.22. The first-order chi connectivity index (χ1) is 9.99. The van der Waals surface area contributed by atoms with Crippen molar-refractivity contribution in [2.24, 2.45) is 0 Å². The first kappa shape index (κ1) is 15.6. The van der Waals surface area contributed by atoms with Gasteiger partial charge >= 0.3 is 0 Å². The van der Waals surface area contributed by atoms with Gasteiger partial charge in [-0.15, -0.1) is 0 Å². The van der Waals surface area contributed by atoms with Crippen LogP contribution < -0.4 is 14.7 Å². The Morgan fingerprint density at radius 3 is 2.05 bits per heavy atom. The third-order valence-electron chi connectivity index (χ3n) is 3.34. The summed E-state index contributed by atoms with van der Waals surface area (Å²) < 4.78 is 11.3. The van der Waals surface area contributed by atoms with Gasteiger partial charge in [0.25, 0.3) is 0 Å². The van der Waals surface area contributed by atoms with Crippen LogP contribution in [-0.4, -0.2) is 14.7 Å². The lowest BCUT2D eigenvalue weighted by molar-refractivity contribution is 0.299. The first-order valence-electron chi connectivity index (χ1n) is 7.44. The largest absolute Gasteiger partial charge is 0.494 e. The molecule has 21 heavy (non-hydrogen) atoms. The summed E-state index contributed by atoms with van der Waals surface area (Å²) in [4.78, 5) is 0. The molecule has 0 aliphatic rings. The molecule has 0 N–H and O–H groups in total. The highest BCUT2D eigenvalue weighted by Crippen LogP contribution is 2.20. The molecule has 2 aromatic rings. The van der Waals surface area contributed by atoms with Crippen molar-refractivity contribution in [2.45, 2.75) is 33.2 Å². The van der Waals surface area contributed by atoms with Crippen LogP contribution >= 0.6 is 0 Å². The predicted octanol–water partition coefficient (Wildman–Crippen LogP) is 4.21. The smallest absolute Gasteiger partial charge is 0.123 e. The zero-order valence-corrected chi connectivity index (χ0v) is 14.3. The first-order valence-corrected chi connectivity index (χ1v) is 10.9. The fourth-order valence-electron chi connectivity index (χ4n) is 2.09. The molecule has 3 heteroatoms. The molecule has 0 unspecified atom stereocenters. The van der Waals surface area contributed by atoms with E-state index in [-0.39, 0.29) is 0 Å². The standard InChI is InChI=1S/C18H24O2Si/c1-5-19-16-7-6-8-17(13-16)20-14-15-9-11-18(12-10-15)21(2,3)4/h6-13H,5,14H2,1-4H3. The van der Waals surface area contributed by atoms with Gasteiger partial charge < -0.3 is 9.47 Å². The van der Waals surface area contributed by atoms with Gasteiger partial charge in [0.1, 0.15) is 18.1 Å². The van der Waals surface area contributed by atoms with Crippen molar-refractivity contribution in [3.05, 3.63) is 54.1 Å². The molecule has 0 radical (unpaired) electrons. The molecule has 0 aromatic heterocycles. The quantitative estimate of drug-likeness (QED) is 0.744. The highest BCUT2D eigenvalue weighted by molar-refractivity contribution is 6.88. The van der Waals surface area contributed by atoms with Crippen LogP contribution in [0.5, 0.6) is 11.5 Å². The van der Waals surface area contributed by atoms with E-state index in [1.165, 1.54) is 10.8 Å². The van der Waals surface area contributed by atoms with Gasteiger partial charge in [-0.1, -0.05) is 55.2 Å². The van der Waals surface area contributed by atoms with E-state index in [0.717, 1.165) is 11.5 Å². The minimum absolute atomic E-state index is 0.585. The summed E-state index contributed by atoms with van der Waals surface area (Å²) in [5.74, 6) is 1.69. The lowest BCUT2D eigenvalue weighted by atomic mass is 10.2. The second-order valence-corrected chi connectivity index (χ2v) is 11.2. The van der Waals surface area contributed by atoms with Gasteiger partial charge in [-0.25, -0.2) is 0 Å². The van der Waals surface area contributed by atoms with Gasteiger partial charge in [0.05, 0.1) is 14.7 Å². The van der Waals surface area contributed by atoms with Crippen molar-refractivity contribution in [3.8, 4) is 11.5 Å². The molecule has 0 saturated heterocycles. The summed E-state index contributed by atoms with van der Waals surface area (Å²) in [6.07, 6.45) is 0. The number of ether oxygens (including phenoxy) is 2. The monoisotopic (exact) mass is 300 g/mol. The Morgan fingerprint density at radius 1 is 0.857 bits per heavy atom. The van der Waals surface area contributed by atoms with Crippen LogP contribution in [0.1, 0.15) is 12.5 Å². The van der Waals surface area contributed by atoms with E-state index in [4.69, 9.17) is 9.47 Å². The Kier molecular flexibility index (Phi) is 5.07. The van der Waals surface area contributed by atoms with Crippen LogP contribution in [0, 0.1) is 0 Å². The Morgan fingerprint density at radius 2 is 1.48 bits per heavy atom. The number of hydrogen-bond donors (Lipinski definition) is 0. The molecule has 0 aliphatic carbocycles. The molecule has 2 rings (SSSR count). The van der Waals surface area contributed by atoms with Crippen molar-refractivity contribution in [3.63, 3.8) is 0 Å². The van der Waals surface area contributed by atoms with E-state index < -0.39 is 8.07 Å². The predicted molar refractivity (Wildman–Crippen MR) is 91.4 cm³/mol. The van der Waals surface area contributed by atoms with Crippen LogP contribution in [-0.2, 0) is 6.61 Å². The Labute approximate surface area is 128 Å². The van der Waals surface area contributed by atoms with Crippen LogP contribution in [0.2, 0.25) is 19.6 Å². The Balaban J connectivity index is 1.98. The molecule has 0 heterocycles. The van der Waals surface area contributed by atoms with Crippen LogP contribution in [0.4, 0.5) is 0 Å². The molecule has 0 amide bonds. The summed E-state index contributed by atoms with van der Waals surface area (Å²) >= 11 is 0. The summed E-state index contributed by atoms with van der Waals surface area (Å²) in [5, 5.41) is 1.48. The highest BCUT2D eigenvalue weighted by atomic mass is 28.3. The Hall–Kier alpha value is -1.74. The van der Waals surface area contributed by atoms with Gasteiger partial charge in [0, 0.05) is 6.07 Å². The van der Waals surface area contributed by atoms with E-state index in [1.54, 1.807) is 0 Å². The molecule has 112 valence electrons. The van der Waals surface area contributed by atoms with Gasteiger partial charge in [-0.05, 0) is 24.6 Å². The molecule has 2 nitrogen and oxygen atoms in total. The van der Waals surface area contributed by atoms with Crippen molar-refractivity contribution < 1.29 is 9.47 Å². The normalized spacial score (nSPS) is 11.2. The molecule has 0 fully saturated rings. The third-order valence-corrected chi connectivity index (χ3v) is 5.41. The summed E-state index contributed by atoms with van der Waals surface area (Å²) in [6.45, 7) is 10.3. The maximum atomic E-state index is 5.84. The van der Waals surface area contributed by atoms with Gasteiger partial charge in [0.2, 0.25) is 0 Å². The maximum Gasteiger partial charge on any atom is 0.123 e. The third kappa shape index (κ3) is 4.64. The highest BCUT2D eigenvalue weighted by Gasteiger charge is 2.15. The van der Waals surface area contributed by atoms with E-state index in [2.05, 4.69) is 43.9 Å². The average Bonchev–Trinajstić information content (AvgIpc) is 2.45. The zero-order valence-electron chi connectivity index (χ0n) is 13.3. The topological polar surface area (TPSA) is 18.5 Å². The molecular weight excluding hydrogens is 276 g/mol. The minimum Gasteiger partial charge on any atom is -0.494 e. The zero-order chi connectivity index (χ0) is 15.3. The molecule has 0 saturated carbocycles. The van der Waals surface area contributed by atoms with E-state index >= 15 is 0 Å². The van der Waals surface area contributed by atoms with Crippen molar-refractivity contribution in [2.75, 3.05) is 6.61 Å². The van der Waals surface area contributed by atoms with Gasteiger partial charge in [-0.2, -0.15) is 0 Å². The lowest BCUT2D eigenvalue weighted by Crippen LogP contribution is -2.37. The van der Waals surface area contributed by atoms with E-state index in [9.17, 15) is 0 Å². The van der Waals surface area contributed by atoms with Crippen LogP contribution in [0.15, 0.2) is 48.5 Å². The maximum absolute atomic E-state index is 5.84. The second kappa shape index (κ2) is 6.81. The van der Waals surface area contributed by atoms with Crippen molar-refractivity contribution in [1.82, 2.24) is 0 Å². The fourth-order valence-corrected chi connectivity index (χ4v) is 3.25. The number of hydrogen-bond acceptors (Lipinski definition) is 2. The molecule has 0 atom stereocenters. The van der Waals surface area contributed by atoms with Crippen LogP contribution in [0.3, 0.4) is 0 Å². The molecule has 2 aromatic carbocycles. The van der Waals surface area contributed by atoms with Crippen molar-refractivity contribution in [1.29, 1.82) is 0 Å². The van der Waals surface area contributed by atoms with Crippen LogP contribution in [0.25, 0.3) is 0 Å². The summed E-state index contributed by atoms with van der Waals surface area (Å²) in [5.41, 5.74) is 1.19. The number of rotatable bonds is 6. The van der Waals surface area contributed by atoms with E-state index in [1.807, 2.05) is 31.2 Å². The minimum atomic E-state index is -1.22. The van der Waals surface area contributed by atoms with Gasteiger partial charge in [-0.3, -0.25) is 0 Å². The molecule has 0 aliphatic heterocycles. The average molecular weight is 300 g/mol. The molecule has 0 bridgehead atoms. The lowest BCUT2D eigenvalue weighted by Gasteiger charge is -2.17. The molecular formula is C18H24O2Si. The SMILES string of the molecule is CCOc1cccc(OCc2ccc([Si](C)(C)C)cc2)c1. The van der Waals surface area contributed by atoms with Crippen molar-refractivity contribution >= 4 is 13.3 Å². The number of benzene rings is 2. The molecule has 0 spiro atoms. The fraction of sp³-hybridized carbons (Fsp3) is 0.333. The Bertz CT molecular complexity index is 571. The second-order valence-electron chi connectivity index (χ2n) is 6.14.